The summed E-state index contributed by atoms with van der Waals surface area (Å²) in [6, 6.07) is 6.57. The summed E-state index contributed by atoms with van der Waals surface area (Å²) < 4.78 is 0. The summed E-state index contributed by atoms with van der Waals surface area (Å²) in [5.74, 6) is 1.08. The van der Waals surface area contributed by atoms with Crippen molar-refractivity contribution in [2.75, 3.05) is 12.3 Å². The van der Waals surface area contributed by atoms with Crippen molar-refractivity contribution in [3.8, 4) is 0 Å². The molecular weight excluding hydrogens is 285 g/mol. The average molecular weight is 304 g/mol. The Morgan fingerprint density at radius 3 is 2.61 bits per heavy atom. The Morgan fingerprint density at radius 1 is 1.11 bits per heavy atom. The van der Waals surface area contributed by atoms with Crippen LogP contribution in [0.3, 0.4) is 0 Å². The Kier molecular flexibility index (Phi) is 6.16. The SMILES string of the molecule is Clc1ccc(SCCNC2CCCCC2)cc1Cl. The fraction of sp³-hybridized carbons (Fsp3) is 0.571. The van der Waals surface area contributed by atoms with Crippen molar-refractivity contribution in [3.05, 3.63) is 28.2 Å². The van der Waals surface area contributed by atoms with E-state index in [9.17, 15) is 0 Å². The molecule has 0 spiro atoms. The van der Waals surface area contributed by atoms with Crippen molar-refractivity contribution in [3.63, 3.8) is 0 Å². The van der Waals surface area contributed by atoms with E-state index >= 15 is 0 Å². The number of rotatable bonds is 5. The highest BCUT2D eigenvalue weighted by Crippen LogP contribution is 2.27. The first-order valence-corrected chi connectivity index (χ1v) is 8.31. The number of hydrogen-bond donors (Lipinski definition) is 1. The molecule has 1 saturated carbocycles. The van der Waals surface area contributed by atoms with Gasteiger partial charge in [0.2, 0.25) is 0 Å². The lowest BCUT2D eigenvalue weighted by Gasteiger charge is -2.22. The molecule has 1 aliphatic carbocycles. The van der Waals surface area contributed by atoms with Crippen molar-refractivity contribution in [2.24, 2.45) is 0 Å². The fourth-order valence-corrected chi connectivity index (χ4v) is 3.49. The predicted molar refractivity (Wildman–Crippen MR) is 82.1 cm³/mol. The third-order valence-corrected chi connectivity index (χ3v) is 5.03. The van der Waals surface area contributed by atoms with Gasteiger partial charge in [-0.25, -0.2) is 0 Å². The molecule has 18 heavy (non-hydrogen) atoms. The first kappa shape index (κ1) is 14.5. The minimum Gasteiger partial charge on any atom is -0.313 e. The summed E-state index contributed by atoms with van der Waals surface area (Å²) in [5.41, 5.74) is 0. The van der Waals surface area contributed by atoms with E-state index in [2.05, 4.69) is 5.32 Å². The van der Waals surface area contributed by atoms with Crippen LogP contribution in [0, 0.1) is 0 Å². The second-order valence-corrected chi connectivity index (χ2v) is 6.70. The normalized spacial score (nSPS) is 17.0. The van der Waals surface area contributed by atoms with Crippen molar-refractivity contribution in [1.82, 2.24) is 5.32 Å². The van der Waals surface area contributed by atoms with Gasteiger partial charge in [0.25, 0.3) is 0 Å². The zero-order chi connectivity index (χ0) is 12.8. The van der Waals surface area contributed by atoms with Gasteiger partial charge in [0.15, 0.2) is 0 Å². The molecule has 1 fully saturated rings. The monoisotopic (exact) mass is 303 g/mol. The molecule has 0 heterocycles. The zero-order valence-corrected chi connectivity index (χ0v) is 12.8. The molecule has 0 bridgehead atoms. The van der Waals surface area contributed by atoms with Crippen LogP contribution in [0.4, 0.5) is 0 Å². The molecule has 1 aromatic rings. The Labute approximate surface area is 124 Å². The highest BCUT2D eigenvalue weighted by atomic mass is 35.5. The standard InChI is InChI=1S/C14H19Cl2NS/c15-13-7-6-12(10-14(13)16)18-9-8-17-11-4-2-1-3-5-11/h6-7,10-11,17H,1-5,8-9H2. The lowest BCUT2D eigenvalue weighted by Crippen LogP contribution is -2.32. The molecule has 1 N–H and O–H groups in total. The molecule has 1 aliphatic rings. The van der Waals surface area contributed by atoms with Crippen LogP contribution in [0.2, 0.25) is 10.0 Å². The summed E-state index contributed by atoms with van der Waals surface area (Å²) in [7, 11) is 0. The highest BCUT2D eigenvalue weighted by Gasteiger charge is 2.11. The van der Waals surface area contributed by atoms with Crippen LogP contribution in [-0.2, 0) is 0 Å². The topological polar surface area (TPSA) is 12.0 Å². The van der Waals surface area contributed by atoms with Crippen LogP contribution in [0.5, 0.6) is 0 Å². The Hall–Kier alpha value is 0.110. The molecule has 0 aliphatic heterocycles. The average Bonchev–Trinajstić information content (AvgIpc) is 2.40. The first-order valence-electron chi connectivity index (χ1n) is 6.57. The number of thioether (sulfide) groups is 1. The molecular formula is C14H19Cl2NS. The van der Waals surface area contributed by atoms with Gasteiger partial charge in [0.05, 0.1) is 10.0 Å². The van der Waals surface area contributed by atoms with Crippen LogP contribution in [0.15, 0.2) is 23.1 Å². The molecule has 0 radical (unpaired) electrons. The first-order chi connectivity index (χ1) is 8.75. The fourth-order valence-electron chi connectivity index (χ4n) is 2.31. The van der Waals surface area contributed by atoms with Gasteiger partial charge in [0, 0.05) is 23.2 Å². The summed E-state index contributed by atoms with van der Waals surface area (Å²) in [6.45, 7) is 1.07. The lowest BCUT2D eigenvalue weighted by atomic mass is 9.96. The molecule has 100 valence electrons. The van der Waals surface area contributed by atoms with Gasteiger partial charge in [-0.2, -0.15) is 0 Å². The molecule has 2 rings (SSSR count). The van der Waals surface area contributed by atoms with E-state index in [4.69, 9.17) is 23.2 Å². The second kappa shape index (κ2) is 7.64. The minimum atomic E-state index is 0.626. The van der Waals surface area contributed by atoms with Gasteiger partial charge in [-0.15, -0.1) is 11.8 Å². The number of hydrogen-bond acceptors (Lipinski definition) is 2. The summed E-state index contributed by atoms with van der Waals surface area (Å²) in [5, 5.41) is 4.90. The molecule has 1 aromatic carbocycles. The van der Waals surface area contributed by atoms with Gasteiger partial charge in [-0.05, 0) is 31.0 Å². The number of halogens is 2. The predicted octanol–water partition coefficient (Wildman–Crippen LogP) is 5.01. The van der Waals surface area contributed by atoms with Crippen LogP contribution in [0.1, 0.15) is 32.1 Å². The molecule has 0 amide bonds. The van der Waals surface area contributed by atoms with Gasteiger partial charge < -0.3 is 5.32 Å². The van der Waals surface area contributed by atoms with Crippen molar-refractivity contribution >= 4 is 35.0 Å². The zero-order valence-electron chi connectivity index (χ0n) is 10.4. The van der Waals surface area contributed by atoms with Gasteiger partial charge in [-0.1, -0.05) is 42.5 Å². The third-order valence-electron chi connectivity index (χ3n) is 3.30. The third kappa shape index (κ3) is 4.65. The number of nitrogens with one attached hydrogen (secondary N) is 1. The van der Waals surface area contributed by atoms with Crippen LogP contribution < -0.4 is 5.32 Å². The van der Waals surface area contributed by atoms with Crippen LogP contribution in [-0.4, -0.2) is 18.3 Å². The molecule has 1 nitrogen and oxygen atoms in total. The summed E-state index contributed by atoms with van der Waals surface area (Å²) >= 11 is 13.7. The highest BCUT2D eigenvalue weighted by molar-refractivity contribution is 7.99. The van der Waals surface area contributed by atoms with Gasteiger partial charge in [-0.3, -0.25) is 0 Å². The second-order valence-electron chi connectivity index (χ2n) is 4.71. The minimum absolute atomic E-state index is 0.626. The Bertz CT molecular complexity index is 378. The maximum absolute atomic E-state index is 5.99. The molecule has 4 heteroatoms. The maximum Gasteiger partial charge on any atom is 0.0603 e. The smallest absolute Gasteiger partial charge is 0.0603 e. The Balaban J connectivity index is 1.66. The van der Waals surface area contributed by atoms with Gasteiger partial charge in [0.1, 0.15) is 0 Å². The van der Waals surface area contributed by atoms with Crippen molar-refractivity contribution < 1.29 is 0 Å². The van der Waals surface area contributed by atoms with Gasteiger partial charge >= 0.3 is 0 Å². The molecule has 0 unspecified atom stereocenters. The van der Waals surface area contributed by atoms with E-state index in [0.717, 1.165) is 18.3 Å². The molecule has 0 atom stereocenters. The van der Waals surface area contributed by atoms with E-state index in [-0.39, 0.29) is 0 Å². The molecule has 0 aromatic heterocycles. The Morgan fingerprint density at radius 2 is 1.89 bits per heavy atom. The van der Waals surface area contributed by atoms with E-state index in [0.29, 0.717) is 10.0 Å². The van der Waals surface area contributed by atoms with Crippen molar-refractivity contribution in [1.29, 1.82) is 0 Å². The quantitative estimate of drug-likeness (QED) is 0.606. The summed E-state index contributed by atoms with van der Waals surface area (Å²) in [4.78, 5) is 1.19. The van der Waals surface area contributed by atoms with Crippen LogP contribution >= 0.6 is 35.0 Å². The van der Waals surface area contributed by atoms with E-state index in [1.54, 1.807) is 0 Å². The van der Waals surface area contributed by atoms with E-state index in [1.807, 2.05) is 30.0 Å². The molecule has 0 saturated heterocycles. The lowest BCUT2D eigenvalue weighted by molar-refractivity contribution is 0.381. The largest absolute Gasteiger partial charge is 0.313 e. The number of benzene rings is 1. The van der Waals surface area contributed by atoms with E-state index in [1.165, 1.54) is 37.0 Å². The van der Waals surface area contributed by atoms with E-state index < -0.39 is 0 Å². The van der Waals surface area contributed by atoms with Crippen LogP contribution in [0.25, 0.3) is 0 Å². The maximum atomic E-state index is 5.99. The summed E-state index contributed by atoms with van der Waals surface area (Å²) in [6.07, 6.45) is 6.88. The van der Waals surface area contributed by atoms with Crippen molar-refractivity contribution in [2.45, 2.75) is 43.0 Å².